The Hall–Kier alpha value is -0.0400. The van der Waals surface area contributed by atoms with Gasteiger partial charge in [0, 0.05) is 6.61 Å². The van der Waals surface area contributed by atoms with Crippen molar-refractivity contribution in [2.24, 2.45) is 5.41 Å². The summed E-state index contributed by atoms with van der Waals surface area (Å²) in [6.45, 7) is 4.60. The maximum absolute atomic E-state index is 9.13. The Morgan fingerprint density at radius 3 is 2.18 bits per heavy atom. The van der Waals surface area contributed by atoms with Crippen LogP contribution in [-0.2, 0) is 0 Å². The van der Waals surface area contributed by atoms with Crippen molar-refractivity contribution in [2.45, 2.75) is 46.0 Å². The Labute approximate surface area is 69.8 Å². The van der Waals surface area contributed by atoms with E-state index in [1.807, 2.05) is 0 Å². The topological polar surface area (TPSA) is 20.2 Å². The molecule has 1 aliphatic rings. The molecule has 1 rings (SSSR count). The van der Waals surface area contributed by atoms with E-state index >= 15 is 0 Å². The fraction of sp³-hybridized carbons (Fsp3) is 0.900. The molecule has 0 unspecified atom stereocenters. The van der Waals surface area contributed by atoms with E-state index in [4.69, 9.17) is 5.11 Å². The highest BCUT2D eigenvalue weighted by atomic mass is 16.3. The fourth-order valence-corrected chi connectivity index (χ4v) is 1.77. The lowest BCUT2D eigenvalue weighted by molar-refractivity contribution is 0.154. The molecule has 1 aliphatic carbocycles. The Morgan fingerprint density at radius 1 is 1.18 bits per heavy atom. The zero-order valence-electron chi connectivity index (χ0n) is 7.69. The molecule has 0 saturated heterocycles. The van der Waals surface area contributed by atoms with E-state index in [0.29, 0.717) is 6.61 Å². The molecule has 1 nitrogen and oxygen atoms in total. The van der Waals surface area contributed by atoms with Crippen molar-refractivity contribution in [1.29, 1.82) is 0 Å². The van der Waals surface area contributed by atoms with E-state index in [9.17, 15) is 0 Å². The van der Waals surface area contributed by atoms with E-state index in [2.05, 4.69) is 13.8 Å². The van der Waals surface area contributed by atoms with Crippen LogP contribution in [0.2, 0.25) is 0 Å². The molecule has 1 N–H and O–H groups in total. The third-order valence-electron chi connectivity index (χ3n) is 2.81. The van der Waals surface area contributed by atoms with E-state index in [1.54, 1.807) is 5.92 Å². The summed E-state index contributed by atoms with van der Waals surface area (Å²) in [5.41, 5.74) is 0.0838. The number of hydrogen-bond donors (Lipinski definition) is 1. The predicted molar refractivity (Wildman–Crippen MR) is 47.2 cm³/mol. The molecular formula is C10H19O. The van der Waals surface area contributed by atoms with Gasteiger partial charge in [0.15, 0.2) is 0 Å². The highest BCUT2D eigenvalue weighted by Gasteiger charge is 2.29. The second kappa shape index (κ2) is 3.57. The average molecular weight is 155 g/mol. The fourth-order valence-electron chi connectivity index (χ4n) is 1.77. The SMILES string of the molecule is CC(C)(CO)[C]1CCCCC1. The van der Waals surface area contributed by atoms with Gasteiger partial charge in [-0.25, -0.2) is 0 Å². The normalized spacial score (nSPS) is 22.1. The molecule has 0 aliphatic heterocycles. The molecule has 0 aromatic carbocycles. The standard InChI is InChI=1S/C10H19O/c1-10(2,8-11)9-6-4-3-5-7-9/h11H,3-8H2,1-2H3. The minimum atomic E-state index is 0.0838. The summed E-state index contributed by atoms with van der Waals surface area (Å²) in [5.74, 6) is 1.58. The molecule has 11 heavy (non-hydrogen) atoms. The van der Waals surface area contributed by atoms with Crippen molar-refractivity contribution in [2.75, 3.05) is 6.61 Å². The van der Waals surface area contributed by atoms with Gasteiger partial charge in [-0.3, -0.25) is 0 Å². The van der Waals surface area contributed by atoms with E-state index < -0.39 is 0 Å². The monoisotopic (exact) mass is 155 g/mol. The van der Waals surface area contributed by atoms with Crippen molar-refractivity contribution >= 4 is 0 Å². The maximum Gasteiger partial charge on any atom is 0.0487 e. The molecule has 0 spiro atoms. The zero-order valence-corrected chi connectivity index (χ0v) is 7.69. The van der Waals surface area contributed by atoms with Crippen LogP contribution in [0.1, 0.15) is 46.0 Å². The highest BCUT2D eigenvalue weighted by molar-refractivity contribution is 5.03. The first-order valence-corrected chi connectivity index (χ1v) is 4.63. The van der Waals surface area contributed by atoms with Gasteiger partial charge in [0.05, 0.1) is 0 Å². The Balaban J connectivity index is 2.43. The van der Waals surface area contributed by atoms with E-state index in [-0.39, 0.29) is 5.41 Å². The minimum absolute atomic E-state index is 0.0838. The Kier molecular flexibility index (Phi) is 2.94. The molecule has 0 heterocycles. The number of aliphatic hydroxyl groups excluding tert-OH is 1. The van der Waals surface area contributed by atoms with Gasteiger partial charge < -0.3 is 5.11 Å². The first-order valence-electron chi connectivity index (χ1n) is 4.63. The summed E-state index contributed by atoms with van der Waals surface area (Å²) < 4.78 is 0. The first kappa shape index (κ1) is 9.05. The van der Waals surface area contributed by atoms with Crippen molar-refractivity contribution in [3.8, 4) is 0 Å². The summed E-state index contributed by atoms with van der Waals surface area (Å²) in [6.07, 6.45) is 6.53. The van der Waals surface area contributed by atoms with Crippen LogP contribution in [0.4, 0.5) is 0 Å². The van der Waals surface area contributed by atoms with Crippen molar-refractivity contribution in [3.05, 3.63) is 5.92 Å². The second-order valence-corrected chi connectivity index (χ2v) is 4.21. The third-order valence-corrected chi connectivity index (χ3v) is 2.81. The lowest BCUT2D eigenvalue weighted by Crippen LogP contribution is -2.27. The molecule has 0 aromatic rings. The summed E-state index contributed by atoms with van der Waals surface area (Å²) in [5, 5.41) is 9.13. The molecule has 0 amide bonds. The van der Waals surface area contributed by atoms with Crippen molar-refractivity contribution in [3.63, 3.8) is 0 Å². The van der Waals surface area contributed by atoms with Crippen LogP contribution in [0.15, 0.2) is 0 Å². The molecule has 0 atom stereocenters. The molecule has 0 aromatic heterocycles. The largest absolute Gasteiger partial charge is 0.396 e. The first-order chi connectivity index (χ1) is 5.17. The lowest BCUT2D eigenvalue weighted by Gasteiger charge is -2.34. The highest BCUT2D eigenvalue weighted by Crippen LogP contribution is 2.39. The summed E-state index contributed by atoms with van der Waals surface area (Å²) in [6, 6.07) is 0. The van der Waals surface area contributed by atoms with Gasteiger partial charge in [0.2, 0.25) is 0 Å². The molecule has 1 heteroatoms. The molecule has 1 fully saturated rings. The summed E-state index contributed by atoms with van der Waals surface area (Å²) in [4.78, 5) is 0. The van der Waals surface area contributed by atoms with Crippen molar-refractivity contribution in [1.82, 2.24) is 0 Å². The zero-order chi connectivity index (χ0) is 8.32. The average Bonchev–Trinajstić information content (AvgIpc) is 2.06. The van der Waals surface area contributed by atoms with Crippen molar-refractivity contribution < 1.29 is 5.11 Å². The van der Waals surface area contributed by atoms with Crippen LogP contribution in [0.3, 0.4) is 0 Å². The van der Waals surface area contributed by atoms with Gasteiger partial charge in [0.1, 0.15) is 0 Å². The predicted octanol–water partition coefficient (Wildman–Crippen LogP) is 2.54. The van der Waals surface area contributed by atoms with E-state index in [1.165, 1.54) is 32.1 Å². The van der Waals surface area contributed by atoms with Gasteiger partial charge in [-0.15, -0.1) is 0 Å². The molecule has 0 bridgehead atoms. The van der Waals surface area contributed by atoms with Crippen LogP contribution in [0, 0.1) is 11.3 Å². The second-order valence-electron chi connectivity index (χ2n) is 4.21. The number of aliphatic hydroxyl groups is 1. The number of hydrogen-bond acceptors (Lipinski definition) is 1. The third kappa shape index (κ3) is 2.19. The van der Waals surface area contributed by atoms with Crippen LogP contribution in [0.5, 0.6) is 0 Å². The minimum Gasteiger partial charge on any atom is -0.396 e. The quantitative estimate of drug-likeness (QED) is 0.649. The summed E-state index contributed by atoms with van der Waals surface area (Å²) in [7, 11) is 0. The molecule has 1 radical (unpaired) electrons. The smallest absolute Gasteiger partial charge is 0.0487 e. The summed E-state index contributed by atoms with van der Waals surface area (Å²) >= 11 is 0. The van der Waals surface area contributed by atoms with Gasteiger partial charge in [0.25, 0.3) is 0 Å². The van der Waals surface area contributed by atoms with Crippen LogP contribution < -0.4 is 0 Å². The maximum atomic E-state index is 9.13. The Morgan fingerprint density at radius 2 is 1.73 bits per heavy atom. The van der Waals surface area contributed by atoms with Crippen LogP contribution >= 0.6 is 0 Å². The van der Waals surface area contributed by atoms with Gasteiger partial charge in [-0.1, -0.05) is 33.1 Å². The van der Waals surface area contributed by atoms with Gasteiger partial charge >= 0.3 is 0 Å². The lowest BCUT2D eigenvalue weighted by atomic mass is 9.72. The van der Waals surface area contributed by atoms with E-state index in [0.717, 1.165) is 0 Å². The van der Waals surface area contributed by atoms with Gasteiger partial charge in [-0.05, 0) is 24.2 Å². The van der Waals surface area contributed by atoms with Crippen LogP contribution in [0.25, 0.3) is 0 Å². The Bertz CT molecular complexity index is 112. The molecule has 65 valence electrons. The number of rotatable bonds is 2. The molecule has 1 saturated carbocycles. The molecular weight excluding hydrogens is 136 g/mol. The van der Waals surface area contributed by atoms with Crippen LogP contribution in [-0.4, -0.2) is 11.7 Å². The van der Waals surface area contributed by atoms with Gasteiger partial charge in [-0.2, -0.15) is 0 Å².